The Hall–Kier alpha value is -1.66. The maximum atomic E-state index is 4.88. The summed E-state index contributed by atoms with van der Waals surface area (Å²) in [5, 5.41) is 6.95. The predicted molar refractivity (Wildman–Crippen MR) is 94.8 cm³/mol. The lowest BCUT2D eigenvalue weighted by atomic mass is 10.2. The van der Waals surface area contributed by atoms with E-state index in [0.29, 0.717) is 6.04 Å². The van der Waals surface area contributed by atoms with Crippen LogP contribution in [0.25, 0.3) is 21.9 Å². The van der Waals surface area contributed by atoms with Gasteiger partial charge in [-0.1, -0.05) is 12.8 Å². The van der Waals surface area contributed by atoms with Crippen LogP contribution in [0.2, 0.25) is 0 Å². The molecule has 4 rings (SSSR count). The number of rotatable bonds is 4. The summed E-state index contributed by atoms with van der Waals surface area (Å²) in [6.45, 7) is 3.03. The molecule has 1 N–H and O–H groups in total. The van der Waals surface area contributed by atoms with E-state index < -0.39 is 0 Å². The number of aryl methyl sites for hydroxylation is 1. The Kier molecular flexibility index (Phi) is 3.73. The second-order valence-electron chi connectivity index (χ2n) is 6.81. The van der Waals surface area contributed by atoms with Crippen molar-refractivity contribution in [2.75, 3.05) is 14.1 Å². The summed E-state index contributed by atoms with van der Waals surface area (Å²) in [5.74, 6) is 0.974. The molecular weight excluding hydrogens is 306 g/mol. The minimum absolute atomic E-state index is 0.523. The number of thiophene rings is 1. The van der Waals surface area contributed by atoms with Crippen molar-refractivity contribution in [3.05, 3.63) is 22.7 Å². The van der Waals surface area contributed by atoms with E-state index in [0.717, 1.165) is 29.2 Å². The lowest BCUT2D eigenvalue weighted by Crippen LogP contribution is -2.09. The van der Waals surface area contributed by atoms with Gasteiger partial charge >= 0.3 is 0 Å². The third kappa shape index (κ3) is 2.70. The van der Waals surface area contributed by atoms with Gasteiger partial charge < -0.3 is 9.88 Å². The van der Waals surface area contributed by atoms with Crippen LogP contribution in [-0.4, -0.2) is 38.7 Å². The average Bonchev–Trinajstić information content (AvgIpc) is 3.23. The fourth-order valence-electron chi connectivity index (χ4n) is 3.51. The molecule has 0 radical (unpaired) electrons. The monoisotopic (exact) mass is 329 g/mol. The van der Waals surface area contributed by atoms with Crippen molar-refractivity contribution in [3.63, 3.8) is 0 Å². The summed E-state index contributed by atoms with van der Waals surface area (Å²) in [6, 6.07) is 2.76. The van der Waals surface area contributed by atoms with E-state index in [1.165, 1.54) is 36.1 Å². The van der Waals surface area contributed by atoms with Crippen LogP contribution in [-0.2, 0) is 6.54 Å². The van der Waals surface area contributed by atoms with Gasteiger partial charge in [-0.2, -0.15) is 5.10 Å². The number of aromatic amines is 1. The number of imidazole rings is 1. The van der Waals surface area contributed by atoms with Crippen molar-refractivity contribution in [2.45, 2.75) is 45.2 Å². The van der Waals surface area contributed by atoms with Crippen LogP contribution in [0.5, 0.6) is 0 Å². The van der Waals surface area contributed by atoms with Crippen LogP contribution in [0.15, 0.2) is 11.4 Å². The second kappa shape index (κ2) is 5.76. The van der Waals surface area contributed by atoms with Crippen molar-refractivity contribution in [1.29, 1.82) is 0 Å². The summed E-state index contributed by atoms with van der Waals surface area (Å²) in [5.41, 5.74) is 4.50. The summed E-state index contributed by atoms with van der Waals surface area (Å²) in [7, 11) is 4.19. The molecule has 3 aromatic rings. The molecule has 0 amide bonds. The van der Waals surface area contributed by atoms with Crippen LogP contribution < -0.4 is 0 Å². The van der Waals surface area contributed by atoms with Gasteiger partial charge in [0, 0.05) is 6.54 Å². The zero-order chi connectivity index (χ0) is 16.0. The van der Waals surface area contributed by atoms with Gasteiger partial charge in [0.15, 0.2) is 11.5 Å². The summed E-state index contributed by atoms with van der Waals surface area (Å²) < 4.78 is 2.16. The molecule has 1 aliphatic rings. The highest BCUT2D eigenvalue weighted by Gasteiger charge is 2.23. The van der Waals surface area contributed by atoms with Crippen molar-refractivity contribution >= 4 is 22.5 Å². The SMILES string of the molecule is Cc1nn(C2CCCC2)c2nc(-c3cc(CN(C)C)cs3)[nH]c12. The van der Waals surface area contributed by atoms with Crippen molar-refractivity contribution in [2.24, 2.45) is 0 Å². The molecule has 3 heterocycles. The van der Waals surface area contributed by atoms with E-state index in [1.54, 1.807) is 11.3 Å². The molecular formula is C17H23N5S. The molecule has 5 nitrogen and oxygen atoms in total. The van der Waals surface area contributed by atoms with E-state index in [4.69, 9.17) is 10.1 Å². The molecule has 0 spiro atoms. The Bertz CT molecular complexity index is 819. The topological polar surface area (TPSA) is 49.7 Å². The first-order chi connectivity index (χ1) is 11.1. The van der Waals surface area contributed by atoms with Crippen LogP contribution in [0.1, 0.15) is 43.0 Å². The first-order valence-electron chi connectivity index (χ1n) is 8.29. The van der Waals surface area contributed by atoms with E-state index in [-0.39, 0.29) is 0 Å². The van der Waals surface area contributed by atoms with Gasteiger partial charge in [0.1, 0.15) is 5.52 Å². The fraction of sp³-hybridized carbons (Fsp3) is 0.529. The number of hydrogen-bond acceptors (Lipinski definition) is 4. The smallest absolute Gasteiger partial charge is 0.177 e. The molecule has 0 saturated heterocycles. The first-order valence-corrected chi connectivity index (χ1v) is 9.17. The van der Waals surface area contributed by atoms with Gasteiger partial charge in [-0.3, -0.25) is 0 Å². The zero-order valence-electron chi connectivity index (χ0n) is 14.0. The van der Waals surface area contributed by atoms with Crippen molar-refractivity contribution in [1.82, 2.24) is 24.6 Å². The number of fused-ring (bicyclic) bond motifs is 1. The van der Waals surface area contributed by atoms with E-state index in [9.17, 15) is 0 Å². The van der Waals surface area contributed by atoms with Gasteiger partial charge in [-0.15, -0.1) is 11.3 Å². The Labute approximate surface area is 140 Å². The fourth-order valence-corrected chi connectivity index (χ4v) is 4.36. The Balaban J connectivity index is 1.71. The third-order valence-corrected chi connectivity index (χ3v) is 5.56. The number of hydrogen-bond donors (Lipinski definition) is 1. The van der Waals surface area contributed by atoms with Crippen LogP contribution in [0.3, 0.4) is 0 Å². The van der Waals surface area contributed by atoms with E-state index in [2.05, 4.69) is 47.0 Å². The molecule has 0 bridgehead atoms. The van der Waals surface area contributed by atoms with E-state index >= 15 is 0 Å². The quantitative estimate of drug-likeness (QED) is 0.788. The first kappa shape index (κ1) is 14.9. The molecule has 6 heteroatoms. The normalized spacial score (nSPS) is 16.2. The highest BCUT2D eigenvalue weighted by atomic mass is 32.1. The molecule has 1 saturated carbocycles. The van der Waals surface area contributed by atoms with Gasteiger partial charge in [-0.25, -0.2) is 9.67 Å². The van der Waals surface area contributed by atoms with Crippen LogP contribution in [0.4, 0.5) is 0 Å². The summed E-state index contributed by atoms with van der Waals surface area (Å²) >= 11 is 1.76. The highest BCUT2D eigenvalue weighted by Crippen LogP contribution is 2.34. The molecule has 0 atom stereocenters. The molecule has 122 valence electrons. The molecule has 0 unspecified atom stereocenters. The second-order valence-corrected chi connectivity index (χ2v) is 7.72. The lowest BCUT2D eigenvalue weighted by Gasteiger charge is -2.09. The number of nitrogens with one attached hydrogen (secondary N) is 1. The lowest BCUT2D eigenvalue weighted by molar-refractivity contribution is 0.403. The third-order valence-electron chi connectivity index (χ3n) is 4.58. The number of nitrogens with zero attached hydrogens (tertiary/aromatic N) is 4. The molecule has 23 heavy (non-hydrogen) atoms. The average molecular weight is 329 g/mol. The minimum Gasteiger partial charge on any atom is -0.334 e. The molecule has 3 aromatic heterocycles. The molecule has 1 aliphatic carbocycles. The van der Waals surface area contributed by atoms with Crippen molar-refractivity contribution < 1.29 is 0 Å². The predicted octanol–water partition coefficient (Wildman–Crippen LogP) is 3.97. The maximum Gasteiger partial charge on any atom is 0.177 e. The van der Waals surface area contributed by atoms with Gasteiger partial charge in [0.25, 0.3) is 0 Å². The highest BCUT2D eigenvalue weighted by molar-refractivity contribution is 7.13. The van der Waals surface area contributed by atoms with Gasteiger partial charge in [0.05, 0.1) is 16.6 Å². The van der Waals surface area contributed by atoms with Crippen molar-refractivity contribution in [3.8, 4) is 10.7 Å². The van der Waals surface area contributed by atoms with Crippen LogP contribution >= 0.6 is 11.3 Å². The minimum atomic E-state index is 0.523. The maximum absolute atomic E-state index is 4.88. The Morgan fingerprint density at radius 2 is 2.13 bits per heavy atom. The zero-order valence-corrected chi connectivity index (χ0v) is 14.8. The number of H-pyrrole nitrogens is 1. The summed E-state index contributed by atoms with van der Waals surface area (Å²) in [6.07, 6.45) is 5.07. The molecule has 0 aromatic carbocycles. The van der Waals surface area contributed by atoms with Gasteiger partial charge in [0.2, 0.25) is 0 Å². The molecule has 0 aliphatic heterocycles. The largest absolute Gasteiger partial charge is 0.334 e. The number of aromatic nitrogens is 4. The van der Waals surface area contributed by atoms with Gasteiger partial charge in [-0.05, 0) is 50.9 Å². The Morgan fingerprint density at radius 1 is 1.35 bits per heavy atom. The molecule has 1 fully saturated rings. The van der Waals surface area contributed by atoms with E-state index in [1.807, 2.05) is 0 Å². The Morgan fingerprint density at radius 3 is 2.87 bits per heavy atom. The standard InChI is InChI=1S/C17H23N5S/c1-11-15-17(22(20-11)13-6-4-5-7-13)19-16(18-15)14-8-12(10-23-14)9-21(2)3/h8,10,13H,4-7,9H2,1-3H3,(H,18,19). The van der Waals surface area contributed by atoms with Crippen LogP contribution in [0, 0.1) is 6.92 Å². The summed E-state index contributed by atoms with van der Waals surface area (Å²) in [4.78, 5) is 11.8.